The van der Waals surface area contributed by atoms with Crippen molar-refractivity contribution in [3.8, 4) is 11.5 Å². The van der Waals surface area contributed by atoms with Gasteiger partial charge in [0.2, 0.25) is 5.89 Å². The molecule has 2 rings (SSSR count). The third kappa shape index (κ3) is 3.48. The van der Waals surface area contributed by atoms with Crippen LogP contribution >= 0.6 is 11.8 Å². The average molecular weight is 290 g/mol. The predicted molar refractivity (Wildman–Crippen MR) is 79.9 cm³/mol. The summed E-state index contributed by atoms with van der Waals surface area (Å²) in [7, 11) is 0. The summed E-state index contributed by atoms with van der Waals surface area (Å²) in [4.78, 5) is 11.9. The number of carbonyl (C=O) groups is 1. The monoisotopic (exact) mass is 290 g/mol. The molecular formula is C15H18N2O2S. The molecule has 0 saturated carbocycles. The summed E-state index contributed by atoms with van der Waals surface area (Å²) in [5.41, 5.74) is 1.54. The first-order chi connectivity index (χ1) is 9.47. The van der Waals surface area contributed by atoms with Gasteiger partial charge in [-0.3, -0.25) is 4.79 Å². The van der Waals surface area contributed by atoms with Gasteiger partial charge < -0.3 is 4.42 Å². The zero-order chi connectivity index (χ0) is 14.7. The molecule has 0 fully saturated rings. The van der Waals surface area contributed by atoms with Gasteiger partial charge >= 0.3 is 0 Å². The van der Waals surface area contributed by atoms with Crippen molar-refractivity contribution in [2.75, 3.05) is 0 Å². The van der Waals surface area contributed by atoms with Crippen LogP contribution in [0.15, 0.2) is 33.9 Å². The van der Waals surface area contributed by atoms with Crippen molar-refractivity contribution in [1.82, 2.24) is 10.2 Å². The maximum absolute atomic E-state index is 11.9. The van der Waals surface area contributed by atoms with E-state index < -0.39 is 0 Å². The Balaban J connectivity index is 2.17. The van der Waals surface area contributed by atoms with Gasteiger partial charge in [0.15, 0.2) is 5.78 Å². The van der Waals surface area contributed by atoms with Crippen molar-refractivity contribution in [2.24, 2.45) is 5.92 Å². The molecule has 1 aromatic heterocycles. The number of carbonyl (C=O) groups excluding carboxylic acids is 1. The van der Waals surface area contributed by atoms with E-state index >= 15 is 0 Å². The average Bonchev–Trinajstić information content (AvgIpc) is 2.85. The maximum atomic E-state index is 11.9. The fourth-order valence-electron chi connectivity index (χ4n) is 1.69. The number of nitrogens with zero attached hydrogens (tertiary/aromatic N) is 2. The smallest absolute Gasteiger partial charge is 0.277 e. The van der Waals surface area contributed by atoms with Crippen LogP contribution in [0.2, 0.25) is 0 Å². The minimum atomic E-state index is -0.00158. The minimum absolute atomic E-state index is 0.00158. The van der Waals surface area contributed by atoms with E-state index in [-0.39, 0.29) is 11.7 Å². The molecular weight excluding hydrogens is 272 g/mol. The lowest BCUT2D eigenvalue weighted by Gasteiger charge is -2.04. The van der Waals surface area contributed by atoms with Crippen molar-refractivity contribution in [2.45, 2.75) is 38.2 Å². The summed E-state index contributed by atoms with van der Waals surface area (Å²) < 4.78 is 5.58. The van der Waals surface area contributed by atoms with Crippen LogP contribution in [-0.4, -0.2) is 21.2 Å². The Kier molecular flexibility index (Phi) is 4.60. The molecule has 5 heteroatoms. The largest absolute Gasteiger partial charge is 0.411 e. The second-order valence-electron chi connectivity index (χ2n) is 5.14. The second-order valence-corrected chi connectivity index (χ2v) is 6.66. The van der Waals surface area contributed by atoms with Gasteiger partial charge in [-0.15, -0.1) is 10.2 Å². The number of benzene rings is 1. The summed E-state index contributed by atoms with van der Waals surface area (Å²) in [5.74, 6) is 0.619. The molecule has 0 saturated heterocycles. The molecule has 0 atom stereocenters. The van der Waals surface area contributed by atoms with Crippen LogP contribution in [0.3, 0.4) is 0 Å². The van der Waals surface area contributed by atoms with Crippen LogP contribution in [0.5, 0.6) is 0 Å². The first-order valence-electron chi connectivity index (χ1n) is 6.62. The SMILES string of the molecule is CC(C)Sc1nnc(-c2ccc(C(=O)C(C)C)cc2)o1. The lowest BCUT2D eigenvalue weighted by Crippen LogP contribution is -2.06. The lowest BCUT2D eigenvalue weighted by molar-refractivity contribution is 0.0939. The van der Waals surface area contributed by atoms with E-state index in [4.69, 9.17) is 4.42 Å². The molecule has 1 aromatic carbocycles. The number of thioether (sulfide) groups is 1. The zero-order valence-electron chi connectivity index (χ0n) is 12.1. The van der Waals surface area contributed by atoms with Crippen molar-refractivity contribution in [3.63, 3.8) is 0 Å². The molecule has 1 heterocycles. The van der Waals surface area contributed by atoms with Crippen molar-refractivity contribution in [3.05, 3.63) is 29.8 Å². The molecule has 0 radical (unpaired) electrons. The number of ketones is 1. The van der Waals surface area contributed by atoms with E-state index in [0.717, 1.165) is 5.56 Å². The summed E-state index contributed by atoms with van der Waals surface area (Å²) >= 11 is 1.53. The van der Waals surface area contributed by atoms with Gasteiger partial charge in [0.05, 0.1) is 0 Å². The van der Waals surface area contributed by atoms with Crippen molar-refractivity contribution < 1.29 is 9.21 Å². The second kappa shape index (κ2) is 6.22. The van der Waals surface area contributed by atoms with Crippen LogP contribution in [-0.2, 0) is 0 Å². The highest BCUT2D eigenvalue weighted by Crippen LogP contribution is 2.26. The Hall–Kier alpha value is -1.62. The number of hydrogen-bond acceptors (Lipinski definition) is 5. The number of Topliss-reactive ketones (excluding diaryl/α,β-unsaturated/α-hetero) is 1. The van der Waals surface area contributed by atoms with Gasteiger partial charge in [0.1, 0.15) is 0 Å². The zero-order valence-corrected chi connectivity index (χ0v) is 12.9. The molecule has 0 N–H and O–H groups in total. The molecule has 0 aliphatic heterocycles. The molecule has 0 amide bonds. The van der Waals surface area contributed by atoms with Crippen molar-refractivity contribution in [1.29, 1.82) is 0 Å². The molecule has 0 unspecified atom stereocenters. The molecule has 0 aliphatic rings. The molecule has 20 heavy (non-hydrogen) atoms. The molecule has 2 aromatic rings. The lowest BCUT2D eigenvalue weighted by atomic mass is 10.0. The van der Waals surface area contributed by atoms with E-state index in [1.54, 1.807) is 12.1 Å². The Morgan fingerprint density at radius 1 is 1.10 bits per heavy atom. The molecule has 4 nitrogen and oxygen atoms in total. The third-order valence-electron chi connectivity index (χ3n) is 2.68. The molecule has 0 bridgehead atoms. The van der Waals surface area contributed by atoms with E-state index in [0.29, 0.717) is 21.9 Å². The molecule has 0 spiro atoms. The first kappa shape index (κ1) is 14.8. The Morgan fingerprint density at radius 2 is 1.75 bits per heavy atom. The van der Waals surface area contributed by atoms with E-state index in [2.05, 4.69) is 24.0 Å². The highest BCUT2D eigenvalue weighted by molar-refractivity contribution is 7.99. The summed E-state index contributed by atoms with van der Waals surface area (Å²) in [5, 5.41) is 8.99. The van der Waals surface area contributed by atoms with E-state index in [9.17, 15) is 4.79 Å². The Labute approximate surface area is 123 Å². The fraction of sp³-hybridized carbons (Fsp3) is 0.400. The number of hydrogen-bond donors (Lipinski definition) is 0. The number of rotatable bonds is 5. The van der Waals surface area contributed by atoms with Gasteiger partial charge in [-0.2, -0.15) is 0 Å². The summed E-state index contributed by atoms with van der Waals surface area (Å²) in [6.07, 6.45) is 0. The van der Waals surface area contributed by atoms with Crippen LogP contribution in [0.4, 0.5) is 0 Å². The quantitative estimate of drug-likeness (QED) is 0.613. The van der Waals surface area contributed by atoms with Crippen LogP contribution in [0, 0.1) is 5.92 Å². The maximum Gasteiger partial charge on any atom is 0.277 e. The van der Waals surface area contributed by atoms with Gasteiger partial charge in [-0.1, -0.05) is 51.6 Å². The minimum Gasteiger partial charge on any atom is -0.411 e. The van der Waals surface area contributed by atoms with Crippen LogP contribution in [0.25, 0.3) is 11.5 Å². The topological polar surface area (TPSA) is 56.0 Å². The highest BCUT2D eigenvalue weighted by Gasteiger charge is 2.13. The van der Waals surface area contributed by atoms with E-state index in [1.807, 2.05) is 26.0 Å². The standard InChI is InChI=1S/C15H18N2O2S/c1-9(2)13(18)11-5-7-12(8-6-11)14-16-17-15(19-14)20-10(3)4/h5-10H,1-4H3. The summed E-state index contributed by atoms with van der Waals surface area (Å²) in [6.45, 7) is 7.93. The van der Waals surface area contributed by atoms with Crippen LogP contribution in [0.1, 0.15) is 38.1 Å². The number of aromatic nitrogens is 2. The Morgan fingerprint density at radius 3 is 2.30 bits per heavy atom. The Bertz CT molecular complexity index is 588. The fourth-order valence-corrected chi connectivity index (χ4v) is 2.30. The molecule has 106 valence electrons. The van der Waals surface area contributed by atoms with Crippen molar-refractivity contribution >= 4 is 17.5 Å². The molecule has 0 aliphatic carbocycles. The van der Waals surface area contributed by atoms with Gasteiger partial charge in [-0.25, -0.2) is 0 Å². The van der Waals surface area contributed by atoms with E-state index in [1.165, 1.54) is 11.8 Å². The van der Waals surface area contributed by atoms with Gasteiger partial charge in [0.25, 0.3) is 5.22 Å². The van der Waals surface area contributed by atoms with Gasteiger partial charge in [0, 0.05) is 22.3 Å². The van der Waals surface area contributed by atoms with Crippen LogP contribution < -0.4 is 0 Å². The summed E-state index contributed by atoms with van der Waals surface area (Å²) in [6, 6.07) is 7.29. The third-order valence-corrected chi connectivity index (χ3v) is 3.52. The van der Waals surface area contributed by atoms with Gasteiger partial charge in [-0.05, 0) is 12.1 Å². The predicted octanol–water partition coefficient (Wildman–Crippen LogP) is 4.08. The highest BCUT2D eigenvalue weighted by atomic mass is 32.2. The first-order valence-corrected chi connectivity index (χ1v) is 7.50. The normalized spacial score (nSPS) is 11.3.